The molecule has 0 aliphatic rings. The number of rotatable bonds is 34. The van der Waals surface area contributed by atoms with Gasteiger partial charge in [-0.2, -0.15) is 0 Å². The van der Waals surface area contributed by atoms with Crippen molar-refractivity contribution in [2.24, 2.45) is 5.73 Å². The van der Waals surface area contributed by atoms with Crippen LogP contribution in [0, 0.1) is 0 Å². The molecule has 0 amide bonds. The molecule has 0 aliphatic heterocycles. The zero-order valence-corrected chi connectivity index (χ0v) is 35.3. The van der Waals surface area contributed by atoms with E-state index in [4.69, 9.17) is 5.73 Å². The standard InChI is InChI=1S/2C19H42N.C5H9NO4/c2*1-5-6-7-8-9-10-11-12-13-14-15-16-17-18-19-20(2,3)4;6-3(5(9)10)1-2-4(7)8/h2*5-19H2,1-4H3;3H,1-2,6H2,(H,7,8)(H,9,10)/q2*+1;/p-2. The number of carbonyl (C=O) groups excluding carboxylic acids is 2. The molecule has 1 atom stereocenters. The van der Waals surface area contributed by atoms with Crippen LogP contribution in [0.15, 0.2) is 0 Å². The Morgan fingerprint density at radius 2 is 0.660 bits per heavy atom. The molecule has 302 valence electrons. The molecule has 0 aromatic rings. The molecule has 0 saturated heterocycles. The number of carbonyl (C=O) groups is 2. The Bertz CT molecular complexity index is 661. The van der Waals surface area contributed by atoms with Gasteiger partial charge in [-0.15, -0.1) is 0 Å². The van der Waals surface area contributed by atoms with Gasteiger partial charge in [0.05, 0.1) is 61.3 Å². The molecule has 0 aromatic carbocycles. The van der Waals surface area contributed by atoms with Gasteiger partial charge in [0.2, 0.25) is 0 Å². The minimum absolute atomic E-state index is 0.148. The van der Waals surface area contributed by atoms with E-state index in [2.05, 4.69) is 56.1 Å². The minimum atomic E-state index is -1.44. The molecule has 0 heterocycles. The Labute approximate surface area is 313 Å². The second-order valence-electron chi connectivity index (χ2n) is 17.1. The first-order chi connectivity index (χ1) is 23.7. The molecule has 7 nitrogen and oxygen atoms in total. The third-order valence-electron chi connectivity index (χ3n) is 9.33. The quantitative estimate of drug-likeness (QED) is 0.0530. The zero-order valence-electron chi connectivity index (χ0n) is 35.3. The smallest absolute Gasteiger partial charge is 0.0780 e. The normalized spacial score (nSPS) is 12.1. The summed E-state index contributed by atoms with van der Waals surface area (Å²) < 4.78 is 2.25. The second kappa shape index (κ2) is 39.0. The van der Waals surface area contributed by atoms with Gasteiger partial charge in [-0.3, -0.25) is 0 Å². The SMILES string of the molecule is CCCCCCCCCCCCCCCC[N+](C)(C)C.CCCCCCCCCCCCCCCC[N+](C)(C)C.NC(CCC(=O)[O-])C(=O)[O-]. The van der Waals surface area contributed by atoms with Crippen molar-refractivity contribution in [3.8, 4) is 0 Å². The Balaban J connectivity index is -0.000000701. The highest BCUT2D eigenvalue weighted by Gasteiger charge is 2.06. The van der Waals surface area contributed by atoms with Crippen molar-refractivity contribution in [3.63, 3.8) is 0 Å². The fourth-order valence-electron chi connectivity index (χ4n) is 5.95. The molecular formula is C43H91N3O4. The molecule has 0 saturated carbocycles. The van der Waals surface area contributed by atoms with Gasteiger partial charge in [0, 0.05) is 12.0 Å². The minimum Gasteiger partial charge on any atom is -0.550 e. The number of quaternary nitrogens is 2. The third kappa shape index (κ3) is 56.2. The fraction of sp³-hybridized carbons (Fsp3) is 0.953. The number of hydrogen-bond donors (Lipinski definition) is 1. The van der Waals surface area contributed by atoms with Gasteiger partial charge in [0.1, 0.15) is 0 Å². The van der Waals surface area contributed by atoms with Crippen molar-refractivity contribution < 1.29 is 28.8 Å². The topological polar surface area (TPSA) is 106 Å². The van der Waals surface area contributed by atoms with E-state index in [-0.39, 0.29) is 12.8 Å². The lowest BCUT2D eigenvalue weighted by Crippen LogP contribution is -2.42. The second-order valence-corrected chi connectivity index (χ2v) is 17.1. The average Bonchev–Trinajstić information content (AvgIpc) is 3.03. The van der Waals surface area contributed by atoms with E-state index in [0.29, 0.717) is 0 Å². The summed E-state index contributed by atoms with van der Waals surface area (Å²) in [5, 5.41) is 19.6. The molecular weight excluding hydrogens is 622 g/mol. The molecule has 7 heteroatoms. The summed E-state index contributed by atoms with van der Waals surface area (Å²) >= 11 is 0. The molecule has 2 N–H and O–H groups in total. The van der Waals surface area contributed by atoms with Crippen LogP contribution in [0.4, 0.5) is 0 Å². The Kier molecular flexibility index (Phi) is 41.5. The third-order valence-corrected chi connectivity index (χ3v) is 9.33. The van der Waals surface area contributed by atoms with E-state index in [1.807, 2.05) is 0 Å². The first kappa shape index (κ1) is 53.2. The molecule has 0 bridgehead atoms. The van der Waals surface area contributed by atoms with Crippen LogP contribution < -0.4 is 15.9 Å². The highest BCUT2D eigenvalue weighted by molar-refractivity contribution is 5.72. The van der Waals surface area contributed by atoms with Crippen LogP contribution in [0.2, 0.25) is 0 Å². The van der Waals surface area contributed by atoms with Gasteiger partial charge in [0.25, 0.3) is 0 Å². The van der Waals surface area contributed by atoms with E-state index < -0.39 is 18.0 Å². The molecule has 0 radical (unpaired) electrons. The van der Waals surface area contributed by atoms with Crippen molar-refractivity contribution in [1.29, 1.82) is 0 Å². The van der Waals surface area contributed by atoms with E-state index in [0.717, 1.165) is 8.97 Å². The van der Waals surface area contributed by atoms with Gasteiger partial charge in [0.15, 0.2) is 0 Å². The summed E-state index contributed by atoms with van der Waals surface area (Å²) in [5.74, 6) is -2.75. The maximum absolute atomic E-state index is 9.86. The van der Waals surface area contributed by atoms with Crippen molar-refractivity contribution in [2.75, 3.05) is 55.4 Å². The predicted octanol–water partition coefficient (Wildman–Crippen LogP) is 8.94. The summed E-state index contributed by atoms with van der Waals surface area (Å²) in [6, 6.07) is -1.21. The maximum atomic E-state index is 9.86. The largest absolute Gasteiger partial charge is 0.550 e. The zero-order chi connectivity index (χ0) is 38.4. The Morgan fingerprint density at radius 1 is 0.440 bits per heavy atom. The molecule has 0 fully saturated rings. The number of hydrogen-bond acceptors (Lipinski definition) is 5. The Hall–Kier alpha value is -1.18. The summed E-state index contributed by atoms with van der Waals surface area (Å²) in [6.45, 7) is 7.25. The van der Waals surface area contributed by atoms with Crippen LogP contribution in [0.1, 0.15) is 206 Å². The molecule has 0 spiro atoms. The van der Waals surface area contributed by atoms with Crippen LogP contribution in [0.25, 0.3) is 0 Å². The lowest BCUT2D eigenvalue weighted by atomic mass is 10.0. The van der Waals surface area contributed by atoms with E-state index >= 15 is 0 Å². The first-order valence-corrected chi connectivity index (χ1v) is 21.4. The summed E-state index contributed by atoms with van der Waals surface area (Å²) in [6.07, 6.45) is 40.2. The molecule has 50 heavy (non-hydrogen) atoms. The van der Waals surface area contributed by atoms with Gasteiger partial charge in [-0.25, -0.2) is 0 Å². The molecule has 0 aromatic heterocycles. The number of nitrogens with two attached hydrogens (primary N) is 1. The molecule has 1 unspecified atom stereocenters. The van der Waals surface area contributed by atoms with Crippen LogP contribution in [0.3, 0.4) is 0 Å². The monoisotopic (exact) mass is 714 g/mol. The van der Waals surface area contributed by atoms with Crippen LogP contribution >= 0.6 is 0 Å². The van der Waals surface area contributed by atoms with E-state index in [1.54, 1.807) is 0 Å². The van der Waals surface area contributed by atoms with Crippen molar-refractivity contribution in [3.05, 3.63) is 0 Å². The first-order valence-electron chi connectivity index (χ1n) is 21.4. The number of carboxylic acids is 2. The van der Waals surface area contributed by atoms with Crippen LogP contribution in [-0.4, -0.2) is 82.3 Å². The van der Waals surface area contributed by atoms with E-state index in [9.17, 15) is 19.8 Å². The summed E-state index contributed by atoms with van der Waals surface area (Å²) in [7, 11) is 13.8. The highest BCUT2D eigenvalue weighted by Crippen LogP contribution is 2.14. The van der Waals surface area contributed by atoms with Crippen LogP contribution in [-0.2, 0) is 9.59 Å². The van der Waals surface area contributed by atoms with Gasteiger partial charge < -0.3 is 34.5 Å². The lowest BCUT2D eigenvalue weighted by Gasteiger charge is -2.23. The van der Waals surface area contributed by atoms with E-state index in [1.165, 1.54) is 193 Å². The number of aliphatic carboxylic acids is 2. The number of nitrogens with zero attached hydrogens (tertiary/aromatic N) is 2. The van der Waals surface area contributed by atoms with Gasteiger partial charge >= 0.3 is 0 Å². The summed E-state index contributed by atoms with van der Waals surface area (Å²) in [5.41, 5.74) is 4.91. The maximum Gasteiger partial charge on any atom is 0.0780 e. The van der Waals surface area contributed by atoms with Crippen molar-refractivity contribution >= 4 is 11.9 Å². The predicted molar refractivity (Wildman–Crippen MR) is 214 cm³/mol. The number of unbranched alkanes of at least 4 members (excludes halogenated alkanes) is 26. The van der Waals surface area contributed by atoms with Crippen molar-refractivity contribution in [1.82, 2.24) is 0 Å². The lowest BCUT2D eigenvalue weighted by molar-refractivity contribution is -0.870. The van der Waals surface area contributed by atoms with Gasteiger partial charge in [-0.05, 0) is 38.5 Å². The summed E-state index contributed by atoms with van der Waals surface area (Å²) in [4.78, 5) is 19.6. The molecule has 0 aliphatic carbocycles. The Morgan fingerprint density at radius 3 is 0.840 bits per heavy atom. The van der Waals surface area contributed by atoms with Gasteiger partial charge in [-0.1, -0.05) is 168 Å². The number of carboxylic acid groups (broad SMARTS) is 2. The highest BCUT2D eigenvalue weighted by atomic mass is 16.4. The molecule has 0 rings (SSSR count). The van der Waals surface area contributed by atoms with Crippen molar-refractivity contribution in [2.45, 2.75) is 213 Å². The average molecular weight is 714 g/mol. The van der Waals surface area contributed by atoms with Crippen LogP contribution in [0.5, 0.6) is 0 Å². The fourth-order valence-corrected chi connectivity index (χ4v) is 5.95.